The van der Waals surface area contributed by atoms with Gasteiger partial charge in [0.1, 0.15) is 4.90 Å². The van der Waals surface area contributed by atoms with Gasteiger partial charge in [-0.15, -0.1) is 0 Å². The van der Waals surface area contributed by atoms with Crippen molar-refractivity contribution in [2.24, 2.45) is 11.1 Å². The van der Waals surface area contributed by atoms with Gasteiger partial charge in [-0.25, -0.2) is 13.1 Å². The van der Waals surface area contributed by atoms with Crippen LogP contribution in [0.4, 0.5) is 0 Å². The lowest BCUT2D eigenvalue weighted by Crippen LogP contribution is -2.48. The largest absolute Gasteiger partial charge is 0.493 e. The molecule has 0 spiro atoms. The Labute approximate surface area is 140 Å². The van der Waals surface area contributed by atoms with Crippen LogP contribution in [0.25, 0.3) is 0 Å². The van der Waals surface area contributed by atoms with E-state index in [1.165, 1.54) is 20.3 Å². The zero-order valence-electron chi connectivity index (χ0n) is 13.4. The number of hydrogen-bond donors (Lipinski definition) is 2. The van der Waals surface area contributed by atoms with Crippen LogP contribution in [0.3, 0.4) is 0 Å². The van der Waals surface area contributed by atoms with Crippen molar-refractivity contribution in [3.05, 3.63) is 16.6 Å². The van der Waals surface area contributed by atoms with Crippen LogP contribution in [-0.2, 0) is 10.0 Å². The van der Waals surface area contributed by atoms with Crippen LogP contribution in [-0.4, -0.2) is 35.2 Å². The van der Waals surface area contributed by atoms with Gasteiger partial charge in [0, 0.05) is 23.1 Å². The van der Waals surface area contributed by atoms with Crippen molar-refractivity contribution < 1.29 is 17.9 Å². The number of benzene rings is 1. The molecule has 0 saturated carbocycles. The Morgan fingerprint density at radius 2 is 1.73 bits per heavy atom. The highest BCUT2D eigenvalue weighted by Crippen LogP contribution is 2.35. The fraction of sp³-hybridized carbons (Fsp3) is 0.571. The summed E-state index contributed by atoms with van der Waals surface area (Å²) in [6, 6.07) is 2.58. The quantitative estimate of drug-likeness (QED) is 0.770. The number of hydrogen-bond acceptors (Lipinski definition) is 5. The van der Waals surface area contributed by atoms with Crippen molar-refractivity contribution >= 4 is 26.0 Å². The van der Waals surface area contributed by atoms with E-state index in [0.717, 1.165) is 0 Å². The van der Waals surface area contributed by atoms with Gasteiger partial charge in [-0.2, -0.15) is 0 Å². The maximum absolute atomic E-state index is 12.6. The number of methoxy groups -OCH3 is 2. The summed E-state index contributed by atoms with van der Waals surface area (Å²) in [4.78, 5) is 0.0767. The van der Waals surface area contributed by atoms with Crippen molar-refractivity contribution in [1.29, 1.82) is 0 Å². The molecule has 0 radical (unpaired) electrons. The SMILES string of the molecule is COc1cc(Br)c(S(=O)(=O)NC(CN)C(C)(C)C)cc1OC. The van der Waals surface area contributed by atoms with Crippen LogP contribution in [0.2, 0.25) is 0 Å². The van der Waals surface area contributed by atoms with Gasteiger partial charge in [0.25, 0.3) is 0 Å². The molecule has 22 heavy (non-hydrogen) atoms. The Kier molecular flexibility index (Phi) is 6.26. The van der Waals surface area contributed by atoms with Gasteiger partial charge in [-0.05, 0) is 27.4 Å². The number of ether oxygens (including phenoxy) is 2. The maximum atomic E-state index is 12.6. The third-order valence-electron chi connectivity index (χ3n) is 3.31. The van der Waals surface area contributed by atoms with E-state index in [1.54, 1.807) is 6.07 Å². The molecule has 8 heteroatoms. The Morgan fingerprint density at radius 3 is 2.14 bits per heavy atom. The van der Waals surface area contributed by atoms with Gasteiger partial charge in [-0.3, -0.25) is 0 Å². The molecule has 1 rings (SSSR count). The van der Waals surface area contributed by atoms with E-state index >= 15 is 0 Å². The first kappa shape index (κ1) is 19.2. The summed E-state index contributed by atoms with van der Waals surface area (Å²) in [5.41, 5.74) is 5.40. The summed E-state index contributed by atoms with van der Waals surface area (Å²) in [6.07, 6.45) is 0. The van der Waals surface area contributed by atoms with Crippen LogP contribution in [0, 0.1) is 5.41 Å². The standard InChI is InChI=1S/C14H23BrN2O4S/c1-14(2,3)13(8-16)17-22(18,19)12-7-11(21-5)10(20-4)6-9(12)15/h6-7,13,17H,8,16H2,1-5H3. The minimum absolute atomic E-state index is 0.0767. The molecule has 126 valence electrons. The molecule has 0 bridgehead atoms. The average Bonchev–Trinajstić information content (AvgIpc) is 2.42. The maximum Gasteiger partial charge on any atom is 0.242 e. The smallest absolute Gasteiger partial charge is 0.242 e. The van der Waals surface area contributed by atoms with Gasteiger partial charge in [0.05, 0.1) is 14.2 Å². The fourth-order valence-corrected chi connectivity index (χ4v) is 4.36. The van der Waals surface area contributed by atoms with Crippen molar-refractivity contribution in [2.45, 2.75) is 31.7 Å². The van der Waals surface area contributed by atoms with E-state index in [-0.39, 0.29) is 16.9 Å². The van der Waals surface area contributed by atoms with E-state index in [1.807, 2.05) is 20.8 Å². The van der Waals surface area contributed by atoms with Gasteiger partial charge in [0.2, 0.25) is 10.0 Å². The first-order chi connectivity index (χ1) is 10.1. The van der Waals surface area contributed by atoms with E-state index in [2.05, 4.69) is 20.7 Å². The minimum atomic E-state index is -3.76. The van der Waals surface area contributed by atoms with Gasteiger partial charge in [0.15, 0.2) is 11.5 Å². The number of sulfonamides is 1. The lowest BCUT2D eigenvalue weighted by atomic mass is 9.88. The molecule has 0 aliphatic heterocycles. The van der Waals surface area contributed by atoms with E-state index in [0.29, 0.717) is 16.0 Å². The molecule has 0 aliphatic rings. The third-order valence-corrected chi connectivity index (χ3v) is 5.74. The van der Waals surface area contributed by atoms with Crippen LogP contribution >= 0.6 is 15.9 Å². The average molecular weight is 395 g/mol. The summed E-state index contributed by atoms with van der Waals surface area (Å²) in [5, 5.41) is 0. The molecular formula is C14H23BrN2O4S. The topological polar surface area (TPSA) is 90.7 Å². The van der Waals surface area contributed by atoms with Crippen molar-refractivity contribution in [3.63, 3.8) is 0 Å². The zero-order valence-corrected chi connectivity index (χ0v) is 15.8. The molecule has 3 N–H and O–H groups in total. The number of halogens is 1. The Bertz CT molecular complexity index is 626. The first-order valence-electron chi connectivity index (χ1n) is 6.70. The zero-order chi connectivity index (χ0) is 17.1. The molecular weight excluding hydrogens is 372 g/mol. The van der Waals surface area contributed by atoms with Crippen molar-refractivity contribution in [1.82, 2.24) is 4.72 Å². The molecule has 1 aromatic carbocycles. The predicted octanol–water partition coefficient (Wildman–Crippen LogP) is 2.12. The van der Waals surface area contributed by atoms with E-state index in [4.69, 9.17) is 15.2 Å². The second kappa shape index (κ2) is 7.16. The summed E-state index contributed by atoms with van der Waals surface area (Å²) < 4.78 is 38.6. The molecule has 0 amide bonds. The number of rotatable bonds is 6. The second-order valence-electron chi connectivity index (χ2n) is 5.91. The second-order valence-corrected chi connectivity index (χ2v) is 8.45. The molecule has 0 aromatic heterocycles. The molecule has 1 atom stereocenters. The van der Waals surface area contributed by atoms with Gasteiger partial charge < -0.3 is 15.2 Å². The molecule has 0 fully saturated rings. The van der Waals surface area contributed by atoms with Crippen LogP contribution in [0.1, 0.15) is 20.8 Å². The monoisotopic (exact) mass is 394 g/mol. The van der Waals surface area contributed by atoms with Crippen molar-refractivity contribution in [3.8, 4) is 11.5 Å². The van der Waals surface area contributed by atoms with Gasteiger partial charge >= 0.3 is 0 Å². The highest BCUT2D eigenvalue weighted by atomic mass is 79.9. The molecule has 0 aliphatic carbocycles. The lowest BCUT2D eigenvalue weighted by molar-refractivity contribution is 0.304. The van der Waals surface area contributed by atoms with Gasteiger partial charge in [-0.1, -0.05) is 20.8 Å². The van der Waals surface area contributed by atoms with Crippen LogP contribution in [0.15, 0.2) is 21.5 Å². The summed E-state index contributed by atoms with van der Waals surface area (Å²) in [5.74, 6) is 0.783. The number of nitrogens with two attached hydrogens (primary N) is 1. The highest BCUT2D eigenvalue weighted by molar-refractivity contribution is 9.10. The Hall–Kier alpha value is -0.830. The molecule has 1 aromatic rings. The number of nitrogens with one attached hydrogen (secondary N) is 1. The molecule has 1 unspecified atom stereocenters. The normalized spacial score (nSPS) is 13.8. The predicted molar refractivity (Wildman–Crippen MR) is 89.9 cm³/mol. The van der Waals surface area contributed by atoms with Crippen LogP contribution in [0.5, 0.6) is 11.5 Å². The molecule has 0 heterocycles. The van der Waals surface area contributed by atoms with E-state index < -0.39 is 16.1 Å². The summed E-state index contributed by atoms with van der Waals surface area (Å²) in [7, 11) is -0.817. The first-order valence-corrected chi connectivity index (χ1v) is 8.98. The molecule has 6 nitrogen and oxygen atoms in total. The highest BCUT2D eigenvalue weighted by Gasteiger charge is 2.30. The van der Waals surface area contributed by atoms with Crippen molar-refractivity contribution in [2.75, 3.05) is 20.8 Å². The molecule has 0 saturated heterocycles. The van der Waals surface area contributed by atoms with Crippen LogP contribution < -0.4 is 19.9 Å². The summed E-state index contributed by atoms with van der Waals surface area (Å²) in [6.45, 7) is 5.98. The lowest BCUT2D eigenvalue weighted by Gasteiger charge is -2.30. The Balaban J connectivity index is 3.29. The third kappa shape index (κ3) is 4.34. The minimum Gasteiger partial charge on any atom is -0.493 e. The van der Waals surface area contributed by atoms with E-state index in [9.17, 15) is 8.42 Å². The Morgan fingerprint density at radius 1 is 1.23 bits per heavy atom. The summed E-state index contributed by atoms with van der Waals surface area (Å²) >= 11 is 3.26. The fourth-order valence-electron chi connectivity index (χ4n) is 1.87.